The van der Waals surface area contributed by atoms with E-state index in [9.17, 15) is 0 Å². The van der Waals surface area contributed by atoms with Gasteiger partial charge >= 0.3 is 9.52 Å². The first-order chi connectivity index (χ1) is 20.8. The van der Waals surface area contributed by atoms with Crippen LogP contribution in [0.3, 0.4) is 0 Å². The Hall–Kier alpha value is -4.80. The number of allylic oxidation sites excluding steroid dienone is 8. The van der Waals surface area contributed by atoms with Gasteiger partial charge in [-0.25, -0.2) is 9.97 Å². The van der Waals surface area contributed by atoms with Crippen LogP contribution >= 0.6 is 0 Å². The summed E-state index contributed by atoms with van der Waals surface area (Å²) in [5, 5.41) is 6.27. The predicted molar refractivity (Wildman–Crippen MR) is 176 cm³/mol. The second-order valence-electron chi connectivity index (χ2n) is 11.1. The molecular weight excluding hydrogens is 527 g/mol. The van der Waals surface area contributed by atoms with Crippen LogP contribution in [0.5, 0.6) is 0 Å². The van der Waals surface area contributed by atoms with Gasteiger partial charge in [-0.15, -0.1) is 0 Å². The van der Waals surface area contributed by atoms with Gasteiger partial charge in [0.25, 0.3) is 0 Å². The van der Waals surface area contributed by atoms with Crippen LogP contribution in [0.4, 0.5) is 0 Å². The molecule has 2 unspecified atom stereocenters. The Balaban J connectivity index is 1.24. The normalized spacial score (nSPS) is 18.1. The Kier molecular flexibility index (Phi) is 6.27. The molecule has 8 rings (SSSR count). The van der Waals surface area contributed by atoms with Gasteiger partial charge in [-0.1, -0.05) is 97.1 Å². The van der Waals surface area contributed by atoms with Crippen molar-refractivity contribution in [2.45, 2.75) is 18.8 Å². The molecule has 0 aliphatic heterocycles. The topological polar surface area (TPSA) is 30.7 Å². The quantitative estimate of drug-likeness (QED) is 0.207. The summed E-state index contributed by atoms with van der Waals surface area (Å²) < 4.78 is 2.25. The molecule has 0 bridgehead atoms. The van der Waals surface area contributed by atoms with Crippen LogP contribution in [-0.4, -0.2) is 24.1 Å². The Morgan fingerprint density at radius 3 is 2.29 bits per heavy atom. The van der Waals surface area contributed by atoms with E-state index in [1.54, 1.807) is 0 Å². The highest BCUT2D eigenvalue weighted by Crippen LogP contribution is 2.36. The van der Waals surface area contributed by atoms with Gasteiger partial charge in [0.15, 0.2) is 0 Å². The van der Waals surface area contributed by atoms with Gasteiger partial charge in [-0.05, 0) is 60.9 Å². The second kappa shape index (κ2) is 10.5. The molecule has 2 aliphatic rings. The summed E-state index contributed by atoms with van der Waals surface area (Å²) in [6, 6.07) is 34.7. The van der Waals surface area contributed by atoms with Crippen molar-refractivity contribution < 1.29 is 0 Å². The molecule has 1 radical (unpaired) electrons. The van der Waals surface area contributed by atoms with Gasteiger partial charge in [0.1, 0.15) is 10.4 Å². The molecular formula is C38H29N3Si+. The van der Waals surface area contributed by atoms with Crippen LogP contribution in [0, 0.1) is 5.92 Å². The van der Waals surface area contributed by atoms with Crippen LogP contribution in [0.1, 0.15) is 24.5 Å². The average molecular weight is 556 g/mol. The zero-order chi connectivity index (χ0) is 27.9. The SMILES string of the molecule is C1=CCC(C2=CCC(c3nc(-n4c5ccccc5c5cc([Si+]c6ccccc6)ccc54)nc4ccccc34)C=C2)C=C1. The molecule has 2 aliphatic carbocycles. The Bertz CT molecular complexity index is 2080. The standard InChI is InChI=1S/C38H29N3Si/c1-3-11-26(12-4-1)27-19-21-28(22-20-27)37-32-16-7-9-17-34(32)39-38(40-37)41-35-18-10-8-15-31(35)33-25-30(23-24-36(33)41)42-29-13-5-2-6-14-29/h1-11,13-21,23-26,28H,12,22H2/q+1. The van der Waals surface area contributed by atoms with Crippen molar-refractivity contribution in [2.75, 3.05) is 0 Å². The van der Waals surface area contributed by atoms with E-state index in [2.05, 4.69) is 144 Å². The van der Waals surface area contributed by atoms with Gasteiger partial charge in [0.2, 0.25) is 5.95 Å². The molecule has 42 heavy (non-hydrogen) atoms. The van der Waals surface area contributed by atoms with Gasteiger partial charge in [0.05, 0.1) is 22.2 Å². The molecule has 4 aromatic carbocycles. The van der Waals surface area contributed by atoms with Crippen molar-refractivity contribution in [3.8, 4) is 5.95 Å². The number of nitrogens with zero attached hydrogens (tertiary/aromatic N) is 3. The first-order valence-corrected chi connectivity index (χ1v) is 15.7. The minimum absolute atomic E-state index is 0.204. The van der Waals surface area contributed by atoms with Crippen LogP contribution in [0.2, 0.25) is 0 Å². The lowest BCUT2D eigenvalue weighted by Crippen LogP contribution is -2.26. The van der Waals surface area contributed by atoms with Gasteiger partial charge < -0.3 is 0 Å². The maximum Gasteiger partial charge on any atom is 0.567 e. The Labute approximate surface area is 248 Å². The zero-order valence-corrected chi connectivity index (χ0v) is 24.2. The molecule has 0 fully saturated rings. The molecule has 0 saturated heterocycles. The molecule has 0 spiro atoms. The molecule has 199 valence electrons. The summed E-state index contributed by atoms with van der Waals surface area (Å²) in [4.78, 5) is 10.5. The Morgan fingerprint density at radius 2 is 1.45 bits per heavy atom. The highest BCUT2D eigenvalue weighted by atomic mass is 28.2. The van der Waals surface area contributed by atoms with Crippen LogP contribution in [-0.2, 0) is 0 Å². The largest absolute Gasteiger partial charge is 0.567 e. The fourth-order valence-corrected chi connectivity index (χ4v) is 7.44. The first kappa shape index (κ1) is 24.9. The molecule has 0 amide bonds. The molecule has 0 N–H and O–H groups in total. The maximum atomic E-state index is 5.34. The fourth-order valence-electron chi connectivity index (χ4n) is 6.37. The molecule has 0 saturated carbocycles. The number of rotatable bonds is 5. The summed E-state index contributed by atoms with van der Waals surface area (Å²) >= 11 is 0. The van der Waals surface area contributed by atoms with Crippen molar-refractivity contribution in [3.05, 3.63) is 151 Å². The summed E-state index contributed by atoms with van der Waals surface area (Å²) in [6.07, 6.45) is 17.9. The van der Waals surface area contributed by atoms with Crippen LogP contribution < -0.4 is 10.4 Å². The third-order valence-electron chi connectivity index (χ3n) is 8.44. The number of fused-ring (bicyclic) bond motifs is 4. The minimum atomic E-state index is 0.204. The molecule has 3 nitrogen and oxygen atoms in total. The van der Waals surface area contributed by atoms with Gasteiger partial charge in [0, 0.05) is 28.0 Å². The van der Waals surface area contributed by atoms with E-state index >= 15 is 0 Å². The Morgan fingerprint density at radius 1 is 0.643 bits per heavy atom. The molecule has 2 atom stereocenters. The molecule has 6 aromatic rings. The van der Waals surface area contributed by atoms with Crippen molar-refractivity contribution in [3.63, 3.8) is 0 Å². The predicted octanol–water partition coefficient (Wildman–Crippen LogP) is 7.48. The first-order valence-electron chi connectivity index (χ1n) is 14.7. The van der Waals surface area contributed by atoms with E-state index in [0.717, 1.165) is 46.4 Å². The summed E-state index contributed by atoms with van der Waals surface area (Å²) in [7, 11) is 0.612. The number of aromatic nitrogens is 3. The van der Waals surface area contributed by atoms with Crippen molar-refractivity contribution >= 4 is 52.6 Å². The van der Waals surface area contributed by atoms with Gasteiger partial charge in [-0.2, -0.15) is 0 Å². The van der Waals surface area contributed by atoms with Crippen molar-refractivity contribution in [1.82, 2.24) is 14.5 Å². The number of hydrogen-bond donors (Lipinski definition) is 0. The maximum absolute atomic E-state index is 5.34. The number of para-hydroxylation sites is 2. The lowest BCUT2D eigenvalue weighted by atomic mass is 9.84. The van der Waals surface area contributed by atoms with Crippen molar-refractivity contribution in [1.29, 1.82) is 0 Å². The highest BCUT2D eigenvalue weighted by molar-refractivity contribution is 6.67. The zero-order valence-electron chi connectivity index (χ0n) is 23.2. The fraction of sp³-hybridized carbons (Fsp3) is 0.105. The summed E-state index contributed by atoms with van der Waals surface area (Å²) in [5.41, 5.74) is 5.74. The van der Waals surface area contributed by atoms with E-state index in [-0.39, 0.29) is 5.92 Å². The molecule has 2 heterocycles. The van der Waals surface area contributed by atoms with E-state index in [1.807, 2.05) is 0 Å². The third kappa shape index (κ3) is 4.45. The van der Waals surface area contributed by atoms with Crippen LogP contribution in [0.25, 0.3) is 38.7 Å². The third-order valence-corrected chi connectivity index (χ3v) is 9.67. The minimum Gasteiger partial charge on any atom is -0.278 e. The van der Waals surface area contributed by atoms with Gasteiger partial charge in [-0.3, -0.25) is 4.57 Å². The summed E-state index contributed by atoms with van der Waals surface area (Å²) in [5.74, 6) is 1.40. The van der Waals surface area contributed by atoms with E-state index in [1.165, 1.54) is 26.7 Å². The van der Waals surface area contributed by atoms with E-state index in [4.69, 9.17) is 9.97 Å². The molecule has 4 heteroatoms. The van der Waals surface area contributed by atoms with E-state index < -0.39 is 0 Å². The lowest BCUT2D eigenvalue weighted by molar-refractivity contribution is 0.742. The number of hydrogen-bond acceptors (Lipinski definition) is 2. The monoisotopic (exact) mass is 555 g/mol. The molecule has 2 aromatic heterocycles. The van der Waals surface area contributed by atoms with E-state index in [0.29, 0.717) is 15.4 Å². The highest BCUT2D eigenvalue weighted by Gasteiger charge is 2.24. The van der Waals surface area contributed by atoms with Crippen LogP contribution in [0.15, 0.2) is 145 Å². The number of benzene rings is 4. The smallest absolute Gasteiger partial charge is 0.278 e. The average Bonchev–Trinajstić information content (AvgIpc) is 3.39. The van der Waals surface area contributed by atoms with Crippen molar-refractivity contribution in [2.24, 2.45) is 5.92 Å². The second-order valence-corrected chi connectivity index (χ2v) is 12.5. The summed E-state index contributed by atoms with van der Waals surface area (Å²) in [6.45, 7) is 0. The lowest BCUT2D eigenvalue weighted by Gasteiger charge is -2.22.